The van der Waals surface area contributed by atoms with E-state index < -0.39 is 0 Å². The van der Waals surface area contributed by atoms with E-state index in [0.29, 0.717) is 11.7 Å². The van der Waals surface area contributed by atoms with Crippen LogP contribution in [0.3, 0.4) is 0 Å². The molecule has 0 amide bonds. The van der Waals surface area contributed by atoms with E-state index in [4.69, 9.17) is 0 Å². The van der Waals surface area contributed by atoms with Crippen LogP contribution in [0.2, 0.25) is 0 Å². The Bertz CT molecular complexity index is 337. The van der Waals surface area contributed by atoms with Crippen molar-refractivity contribution in [2.45, 2.75) is 20.3 Å². The fraction of sp³-hybridized carbons (Fsp3) is 0.455. The Balaban J connectivity index is 2.59. The van der Waals surface area contributed by atoms with E-state index in [1.807, 2.05) is 13.1 Å². The molecule has 1 aromatic heterocycles. The van der Waals surface area contributed by atoms with Gasteiger partial charge in [-0.15, -0.1) is 0 Å². The average Bonchev–Trinajstić information content (AvgIpc) is 2.50. The molecule has 1 aromatic rings. The first-order valence-electron chi connectivity index (χ1n) is 4.79. The molecule has 0 aromatic carbocycles. The van der Waals surface area contributed by atoms with Crippen molar-refractivity contribution in [1.29, 1.82) is 0 Å². The second-order valence-corrected chi connectivity index (χ2v) is 3.76. The minimum Gasteiger partial charge on any atom is -0.331 e. The Morgan fingerprint density at radius 3 is 2.86 bits per heavy atom. The summed E-state index contributed by atoms with van der Waals surface area (Å²) in [5.41, 5.74) is 0. The third-order valence-corrected chi connectivity index (χ3v) is 1.92. The van der Waals surface area contributed by atoms with Crippen molar-refractivity contribution in [3.63, 3.8) is 0 Å². The van der Waals surface area contributed by atoms with Crippen LogP contribution in [0.5, 0.6) is 0 Å². The lowest BCUT2D eigenvalue weighted by molar-refractivity contribution is 0.103. The highest BCUT2D eigenvalue weighted by molar-refractivity contribution is 6.01. The van der Waals surface area contributed by atoms with Crippen LogP contribution in [0.25, 0.3) is 0 Å². The normalized spacial score (nSPS) is 11.4. The summed E-state index contributed by atoms with van der Waals surface area (Å²) in [7, 11) is 1.82. The van der Waals surface area contributed by atoms with Crippen LogP contribution >= 0.6 is 0 Å². The summed E-state index contributed by atoms with van der Waals surface area (Å²) in [6.45, 7) is 4.24. The molecule has 3 heteroatoms. The molecule has 1 rings (SSSR count). The van der Waals surface area contributed by atoms with Crippen molar-refractivity contribution in [2.75, 3.05) is 0 Å². The van der Waals surface area contributed by atoms with Gasteiger partial charge in [0.25, 0.3) is 0 Å². The van der Waals surface area contributed by atoms with Crippen LogP contribution < -0.4 is 0 Å². The molecular weight excluding hydrogens is 176 g/mol. The van der Waals surface area contributed by atoms with Crippen LogP contribution in [0.15, 0.2) is 24.5 Å². The molecule has 0 N–H and O–H groups in total. The Morgan fingerprint density at radius 2 is 2.36 bits per heavy atom. The minimum absolute atomic E-state index is 0.0295. The number of aryl methyl sites for hydroxylation is 1. The summed E-state index contributed by atoms with van der Waals surface area (Å²) in [6.07, 6.45) is 7.83. The van der Waals surface area contributed by atoms with Crippen LogP contribution in [0.4, 0.5) is 0 Å². The van der Waals surface area contributed by atoms with E-state index in [9.17, 15) is 4.79 Å². The van der Waals surface area contributed by atoms with Gasteiger partial charge in [0.15, 0.2) is 5.82 Å². The first-order chi connectivity index (χ1) is 6.61. The molecule has 0 spiro atoms. The molecule has 0 bridgehead atoms. The number of imidazole rings is 1. The molecule has 0 atom stereocenters. The minimum atomic E-state index is -0.0295. The topological polar surface area (TPSA) is 34.9 Å². The predicted octanol–water partition coefficient (Wildman–Crippen LogP) is 2.21. The third kappa shape index (κ3) is 2.83. The van der Waals surface area contributed by atoms with Gasteiger partial charge in [0.2, 0.25) is 5.78 Å². The fourth-order valence-electron chi connectivity index (χ4n) is 1.12. The Labute approximate surface area is 84.5 Å². The lowest BCUT2D eigenvalue weighted by Gasteiger charge is -1.97. The molecule has 0 radical (unpaired) electrons. The highest BCUT2D eigenvalue weighted by Gasteiger charge is 2.05. The van der Waals surface area contributed by atoms with Gasteiger partial charge < -0.3 is 4.57 Å². The summed E-state index contributed by atoms with van der Waals surface area (Å²) >= 11 is 0. The van der Waals surface area contributed by atoms with Gasteiger partial charge in [0, 0.05) is 19.4 Å². The quantitative estimate of drug-likeness (QED) is 0.541. The molecule has 0 saturated heterocycles. The van der Waals surface area contributed by atoms with E-state index in [-0.39, 0.29) is 5.78 Å². The number of aromatic nitrogens is 2. The molecule has 76 valence electrons. The van der Waals surface area contributed by atoms with Crippen molar-refractivity contribution in [1.82, 2.24) is 9.55 Å². The number of nitrogens with zero attached hydrogens (tertiary/aromatic N) is 2. The van der Waals surface area contributed by atoms with Crippen molar-refractivity contribution in [2.24, 2.45) is 13.0 Å². The van der Waals surface area contributed by atoms with E-state index in [1.54, 1.807) is 23.0 Å². The lowest BCUT2D eigenvalue weighted by atomic mass is 10.1. The molecule has 0 saturated carbocycles. The van der Waals surface area contributed by atoms with Gasteiger partial charge in [-0.25, -0.2) is 4.98 Å². The zero-order chi connectivity index (χ0) is 10.6. The second-order valence-electron chi connectivity index (χ2n) is 3.76. The molecule has 1 heterocycles. The largest absolute Gasteiger partial charge is 0.331 e. The van der Waals surface area contributed by atoms with E-state index in [1.165, 1.54) is 0 Å². The number of hydrogen-bond donors (Lipinski definition) is 0. The predicted molar refractivity (Wildman–Crippen MR) is 56.1 cm³/mol. The van der Waals surface area contributed by atoms with Crippen molar-refractivity contribution in [3.05, 3.63) is 30.4 Å². The second kappa shape index (κ2) is 4.74. The van der Waals surface area contributed by atoms with Gasteiger partial charge in [0.1, 0.15) is 0 Å². The zero-order valence-electron chi connectivity index (χ0n) is 8.90. The van der Waals surface area contributed by atoms with Gasteiger partial charge in [-0.2, -0.15) is 0 Å². The van der Waals surface area contributed by atoms with E-state index in [0.717, 1.165) is 6.42 Å². The lowest BCUT2D eigenvalue weighted by Crippen LogP contribution is -2.04. The van der Waals surface area contributed by atoms with Crippen LogP contribution in [-0.4, -0.2) is 15.3 Å². The summed E-state index contributed by atoms with van der Waals surface area (Å²) in [4.78, 5) is 15.5. The zero-order valence-corrected chi connectivity index (χ0v) is 8.90. The number of rotatable bonds is 4. The first-order valence-corrected chi connectivity index (χ1v) is 4.79. The maximum absolute atomic E-state index is 11.5. The highest BCUT2D eigenvalue weighted by Crippen LogP contribution is 2.02. The maximum atomic E-state index is 11.5. The van der Waals surface area contributed by atoms with Gasteiger partial charge in [-0.1, -0.05) is 19.9 Å². The summed E-state index contributed by atoms with van der Waals surface area (Å²) < 4.78 is 1.72. The molecule has 3 nitrogen and oxygen atoms in total. The molecule has 0 aliphatic carbocycles. The number of ketones is 1. The van der Waals surface area contributed by atoms with Crippen LogP contribution in [0, 0.1) is 5.92 Å². The van der Waals surface area contributed by atoms with Crippen molar-refractivity contribution < 1.29 is 4.79 Å². The van der Waals surface area contributed by atoms with Gasteiger partial charge in [-0.3, -0.25) is 4.79 Å². The maximum Gasteiger partial charge on any atom is 0.220 e. The monoisotopic (exact) mass is 192 g/mol. The van der Waals surface area contributed by atoms with Crippen molar-refractivity contribution in [3.8, 4) is 0 Å². The van der Waals surface area contributed by atoms with Gasteiger partial charge >= 0.3 is 0 Å². The Hall–Kier alpha value is -1.38. The van der Waals surface area contributed by atoms with Crippen molar-refractivity contribution >= 4 is 5.78 Å². The van der Waals surface area contributed by atoms with Gasteiger partial charge in [-0.05, 0) is 18.4 Å². The average molecular weight is 192 g/mol. The highest BCUT2D eigenvalue weighted by atomic mass is 16.1. The third-order valence-electron chi connectivity index (χ3n) is 1.92. The first kappa shape index (κ1) is 10.7. The number of carbonyl (C=O) groups is 1. The number of carbonyl (C=O) groups excluding carboxylic acids is 1. The number of hydrogen-bond acceptors (Lipinski definition) is 2. The van der Waals surface area contributed by atoms with E-state index >= 15 is 0 Å². The molecular formula is C11H16N2O. The number of allylic oxidation sites excluding steroid dienone is 2. The Kier molecular flexibility index (Phi) is 3.63. The summed E-state index contributed by atoms with van der Waals surface area (Å²) in [5.74, 6) is 1.04. The molecule has 0 unspecified atom stereocenters. The molecule has 0 aliphatic rings. The standard InChI is InChI=1S/C11H16N2O/c1-9(2)5-4-6-10(14)11-12-7-8-13(11)3/h4,6-9H,5H2,1-3H3/b6-4+. The summed E-state index contributed by atoms with van der Waals surface area (Å²) in [5, 5.41) is 0. The van der Waals surface area contributed by atoms with Gasteiger partial charge in [0.05, 0.1) is 0 Å². The molecule has 14 heavy (non-hydrogen) atoms. The Morgan fingerprint density at radius 1 is 1.64 bits per heavy atom. The SMILES string of the molecule is CC(C)C/C=C/C(=O)c1nccn1C. The molecule has 0 fully saturated rings. The summed E-state index contributed by atoms with van der Waals surface area (Å²) in [6, 6.07) is 0. The smallest absolute Gasteiger partial charge is 0.220 e. The fourth-order valence-corrected chi connectivity index (χ4v) is 1.12. The van der Waals surface area contributed by atoms with E-state index in [2.05, 4.69) is 18.8 Å². The van der Waals surface area contributed by atoms with Crippen LogP contribution in [0.1, 0.15) is 30.9 Å². The molecule has 0 aliphatic heterocycles. The van der Waals surface area contributed by atoms with Crippen LogP contribution in [-0.2, 0) is 7.05 Å².